The smallest absolute Gasteiger partial charge is 0.184 e. The number of aliphatic hydroxyl groups is 1. The van der Waals surface area contributed by atoms with Crippen LogP contribution < -0.4 is 10.2 Å². The number of aromatic amines is 2. The summed E-state index contributed by atoms with van der Waals surface area (Å²) in [6, 6.07) is 3.66. The van der Waals surface area contributed by atoms with Gasteiger partial charge >= 0.3 is 0 Å². The predicted octanol–water partition coefficient (Wildman–Crippen LogP) is 5.01. The second-order valence-electron chi connectivity index (χ2n) is 10.5. The fraction of sp³-hybridized carbons (Fsp3) is 0.393. The van der Waals surface area contributed by atoms with E-state index in [-0.39, 0.29) is 17.0 Å². The zero-order valence-electron chi connectivity index (χ0n) is 21.5. The van der Waals surface area contributed by atoms with E-state index in [4.69, 9.17) is 4.98 Å². The lowest BCUT2D eigenvalue weighted by Gasteiger charge is -2.27. The van der Waals surface area contributed by atoms with Gasteiger partial charge in [0.05, 0.1) is 22.8 Å². The molecule has 200 valence electrons. The first-order chi connectivity index (χ1) is 19.2. The second-order valence-corrected chi connectivity index (χ2v) is 10.5. The zero-order chi connectivity index (χ0) is 26.3. The Bertz CT molecular complexity index is 1640. The lowest BCUT2D eigenvalue weighted by atomic mass is 10.1. The number of aromatic nitrogens is 7. The van der Waals surface area contributed by atoms with E-state index >= 15 is 4.39 Å². The van der Waals surface area contributed by atoms with Crippen LogP contribution in [0.2, 0.25) is 0 Å². The Balaban J connectivity index is 1.25. The molecule has 39 heavy (non-hydrogen) atoms. The van der Waals surface area contributed by atoms with Crippen molar-refractivity contribution in [2.45, 2.75) is 51.2 Å². The molecule has 5 aromatic heterocycles. The summed E-state index contributed by atoms with van der Waals surface area (Å²) in [6.45, 7) is 1.89. The molecule has 6 heterocycles. The highest BCUT2D eigenvalue weighted by Crippen LogP contribution is 2.35. The highest BCUT2D eigenvalue weighted by atomic mass is 19.1. The zero-order valence-corrected chi connectivity index (χ0v) is 21.5. The third kappa shape index (κ3) is 4.36. The molecular formula is C28H30FN9O. The van der Waals surface area contributed by atoms with Crippen LogP contribution in [0.3, 0.4) is 0 Å². The third-order valence-electron chi connectivity index (χ3n) is 8.00. The van der Waals surface area contributed by atoms with Gasteiger partial charge in [0, 0.05) is 48.7 Å². The number of imidazole rings is 1. The first-order valence-electron chi connectivity index (χ1n) is 13.7. The van der Waals surface area contributed by atoms with Gasteiger partial charge in [-0.2, -0.15) is 5.10 Å². The Morgan fingerprint density at radius 3 is 2.74 bits per heavy atom. The molecule has 5 aromatic rings. The number of nitrogens with one attached hydrogen (secondary N) is 3. The summed E-state index contributed by atoms with van der Waals surface area (Å²) in [5.41, 5.74) is 3.76. The van der Waals surface area contributed by atoms with E-state index in [1.54, 1.807) is 24.7 Å². The summed E-state index contributed by atoms with van der Waals surface area (Å²) >= 11 is 0. The first kappa shape index (κ1) is 24.0. The van der Waals surface area contributed by atoms with Gasteiger partial charge in [0.2, 0.25) is 0 Å². The van der Waals surface area contributed by atoms with Gasteiger partial charge in [0.15, 0.2) is 17.3 Å². The standard InChI is InChI=1S/C28H30FN9O/c29-22-19(17-12-18(14-30-13-17)33-28(39)16-6-2-3-7-16)15-32-25-21(22)24(36-37-25)26-34-20-8-9-31-27(23(20)35-26)38-10-4-1-5-11-38/h8-9,12-16,28,33,39H,1-7,10-11H2,(H,34,35)(H,32,36,37). The Labute approximate surface area is 224 Å². The molecule has 4 N–H and O–H groups in total. The maximum atomic E-state index is 16.1. The second kappa shape index (κ2) is 9.88. The minimum Gasteiger partial charge on any atom is -0.374 e. The molecule has 0 aromatic carbocycles. The van der Waals surface area contributed by atoms with Gasteiger partial charge in [-0.3, -0.25) is 10.1 Å². The van der Waals surface area contributed by atoms with E-state index in [9.17, 15) is 5.11 Å². The number of rotatable bonds is 6. The number of H-pyrrole nitrogens is 2. The number of hydrogen-bond acceptors (Lipinski definition) is 8. The van der Waals surface area contributed by atoms with Crippen molar-refractivity contribution in [1.29, 1.82) is 0 Å². The maximum absolute atomic E-state index is 16.1. The molecule has 10 nitrogen and oxygen atoms in total. The van der Waals surface area contributed by atoms with E-state index in [2.05, 4.69) is 40.3 Å². The highest BCUT2D eigenvalue weighted by Gasteiger charge is 2.25. The summed E-state index contributed by atoms with van der Waals surface area (Å²) in [5, 5.41) is 21.2. The van der Waals surface area contributed by atoms with Crippen molar-refractivity contribution >= 4 is 33.6 Å². The fourth-order valence-corrected chi connectivity index (χ4v) is 5.93. The van der Waals surface area contributed by atoms with Gasteiger partial charge in [-0.05, 0) is 44.2 Å². The van der Waals surface area contributed by atoms with Crippen LogP contribution in [-0.2, 0) is 0 Å². The highest BCUT2D eigenvalue weighted by molar-refractivity contribution is 5.96. The van der Waals surface area contributed by atoms with Crippen LogP contribution in [0, 0.1) is 11.7 Å². The van der Waals surface area contributed by atoms with Gasteiger partial charge < -0.3 is 20.3 Å². The molecule has 1 aliphatic carbocycles. The van der Waals surface area contributed by atoms with Crippen molar-refractivity contribution in [1.82, 2.24) is 35.1 Å². The average Bonchev–Trinajstić information content (AvgIpc) is 3.73. The van der Waals surface area contributed by atoms with E-state index in [1.165, 1.54) is 12.6 Å². The molecule has 1 saturated heterocycles. The average molecular weight is 528 g/mol. The number of pyridine rings is 3. The fourth-order valence-electron chi connectivity index (χ4n) is 5.93. The van der Waals surface area contributed by atoms with Gasteiger partial charge in [-0.15, -0.1) is 0 Å². The predicted molar refractivity (Wildman–Crippen MR) is 148 cm³/mol. The monoisotopic (exact) mass is 527 g/mol. The van der Waals surface area contributed by atoms with Gasteiger partial charge in [-0.1, -0.05) is 12.8 Å². The molecule has 1 atom stereocenters. The topological polar surface area (TPSA) is 132 Å². The molecular weight excluding hydrogens is 497 g/mol. The number of fused-ring (bicyclic) bond motifs is 2. The molecule has 0 spiro atoms. The lowest BCUT2D eigenvalue weighted by molar-refractivity contribution is 0.137. The van der Waals surface area contributed by atoms with Crippen molar-refractivity contribution in [3.8, 4) is 22.6 Å². The van der Waals surface area contributed by atoms with E-state index in [0.717, 1.165) is 68.5 Å². The van der Waals surface area contributed by atoms with Crippen molar-refractivity contribution in [2.24, 2.45) is 5.92 Å². The molecule has 0 amide bonds. The minimum atomic E-state index is -0.659. The minimum absolute atomic E-state index is 0.214. The lowest BCUT2D eigenvalue weighted by Crippen LogP contribution is -2.30. The van der Waals surface area contributed by atoms with E-state index < -0.39 is 12.0 Å². The molecule has 1 unspecified atom stereocenters. The number of nitrogens with zero attached hydrogens (tertiary/aromatic N) is 6. The Kier molecular flexibility index (Phi) is 6.07. The summed E-state index contributed by atoms with van der Waals surface area (Å²) in [7, 11) is 0. The van der Waals surface area contributed by atoms with Crippen molar-refractivity contribution in [3.63, 3.8) is 0 Å². The Hall–Kier alpha value is -4.12. The van der Waals surface area contributed by atoms with E-state index in [0.29, 0.717) is 28.3 Å². The van der Waals surface area contributed by atoms with Crippen LogP contribution >= 0.6 is 0 Å². The largest absolute Gasteiger partial charge is 0.374 e. The molecule has 11 heteroatoms. The van der Waals surface area contributed by atoms with Crippen molar-refractivity contribution in [3.05, 3.63) is 42.7 Å². The summed E-state index contributed by atoms with van der Waals surface area (Å²) in [6.07, 6.45) is 13.6. The summed E-state index contributed by atoms with van der Waals surface area (Å²) in [5.74, 6) is 1.07. The van der Waals surface area contributed by atoms with Crippen LogP contribution in [-0.4, -0.2) is 59.5 Å². The summed E-state index contributed by atoms with van der Waals surface area (Å²) in [4.78, 5) is 23.7. The molecule has 7 rings (SSSR count). The van der Waals surface area contributed by atoms with Gasteiger partial charge in [-0.25, -0.2) is 19.3 Å². The van der Waals surface area contributed by atoms with E-state index in [1.807, 2.05) is 6.07 Å². The molecule has 2 fully saturated rings. The molecule has 2 aliphatic rings. The number of hydrogen-bond donors (Lipinski definition) is 4. The Morgan fingerprint density at radius 2 is 1.90 bits per heavy atom. The van der Waals surface area contributed by atoms with Crippen LogP contribution in [0.15, 0.2) is 36.9 Å². The Morgan fingerprint density at radius 1 is 1.05 bits per heavy atom. The van der Waals surface area contributed by atoms with Gasteiger partial charge in [0.25, 0.3) is 0 Å². The number of piperidine rings is 1. The number of aliphatic hydroxyl groups excluding tert-OH is 1. The SMILES string of the molecule is OC(Nc1cncc(-c2cnc3n[nH]c(-c4nc5c(N6CCCCC6)nccc5[nH]4)c3c2F)c1)C1CCCC1. The van der Waals surface area contributed by atoms with Crippen molar-refractivity contribution < 1.29 is 9.50 Å². The van der Waals surface area contributed by atoms with Crippen molar-refractivity contribution in [2.75, 3.05) is 23.3 Å². The number of halogens is 1. The summed E-state index contributed by atoms with van der Waals surface area (Å²) < 4.78 is 16.1. The third-order valence-corrected chi connectivity index (χ3v) is 8.00. The van der Waals surface area contributed by atoms with Crippen LogP contribution in [0.25, 0.3) is 44.7 Å². The molecule has 1 aliphatic heterocycles. The first-order valence-corrected chi connectivity index (χ1v) is 13.7. The molecule has 1 saturated carbocycles. The quantitative estimate of drug-likeness (QED) is 0.227. The molecule has 0 radical (unpaired) electrons. The van der Waals surface area contributed by atoms with Crippen LogP contribution in [0.5, 0.6) is 0 Å². The van der Waals surface area contributed by atoms with Crippen LogP contribution in [0.4, 0.5) is 15.9 Å². The maximum Gasteiger partial charge on any atom is 0.184 e. The number of anilines is 2. The van der Waals surface area contributed by atoms with Crippen LogP contribution in [0.1, 0.15) is 44.9 Å². The molecule has 0 bridgehead atoms. The van der Waals surface area contributed by atoms with Gasteiger partial charge in [0.1, 0.15) is 23.3 Å². The normalized spacial score (nSPS) is 17.3.